The fourth-order valence-corrected chi connectivity index (χ4v) is 20.1. The van der Waals surface area contributed by atoms with Gasteiger partial charge in [0.15, 0.2) is 16.8 Å². The van der Waals surface area contributed by atoms with Gasteiger partial charge in [-0.05, 0) is 348 Å². The fourth-order valence-electron chi connectivity index (χ4n) is 15.8. The van der Waals surface area contributed by atoms with Crippen LogP contribution in [-0.4, -0.2) is 141 Å². The minimum Gasteiger partial charge on any atom is -0.870 e. The summed E-state index contributed by atoms with van der Waals surface area (Å²) in [5.41, 5.74) is 12.6. The van der Waals surface area contributed by atoms with Gasteiger partial charge in [0.1, 0.15) is 17.2 Å². The number of hydrogen-bond acceptors (Lipinski definition) is 21. The average Bonchev–Trinajstić information content (AvgIpc) is 1.66. The van der Waals surface area contributed by atoms with Crippen LogP contribution in [0.2, 0.25) is 0 Å². The molecule has 11 aromatic rings. The zero-order valence-corrected chi connectivity index (χ0v) is 86.9. The topological polar surface area (TPSA) is 236 Å². The van der Waals surface area contributed by atoms with Crippen LogP contribution < -0.4 is 43.8 Å². The number of esters is 2. The molecule has 2 unspecified atom stereocenters. The van der Waals surface area contributed by atoms with Gasteiger partial charge >= 0.3 is 72.2 Å². The molecule has 0 radical (unpaired) electrons. The maximum atomic E-state index is 12.9. The average molecular weight is 2050 g/mol. The van der Waals surface area contributed by atoms with Crippen molar-refractivity contribution in [3.63, 3.8) is 0 Å². The van der Waals surface area contributed by atoms with Crippen molar-refractivity contribution in [2.24, 2.45) is 0 Å². The van der Waals surface area contributed by atoms with Gasteiger partial charge in [-0.3, -0.25) is 14.7 Å². The third-order valence-electron chi connectivity index (χ3n) is 23.9. The maximum absolute atomic E-state index is 12.9. The molecule has 0 bridgehead atoms. The molecule has 0 saturated carbocycles. The van der Waals surface area contributed by atoms with E-state index in [9.17, 15) is 72.2 Å². The van der Waals surface area contributed by atoms with E-state index in [0.29, 0.717) is 36.6 Å². The molecule has 15 rings (SSSR count). The maximum Gasteiger partial charge on any atom is 1.00 e. The minimum atomic E-state index is -4.34. The SMILES string of the molecule is CC1CCCO1.CCOC(=O)C(C)(C)Oc1ccc2c(c1)CCN(Cc1scc(-c3ccc(C(F)(F)F)cc3)c1C)CC2.CCOC(=O)C(C)(C)Oc1ccc2c(c1)CCN(Cc1scc(-c3ccc(C(F)(F)F)cc3)c1C)CC2.Cc1c(-c2ccc(C(F)(F)F)cc2)csc1CN1CCc2ccc(OC(C)(C)C(=O)O)cc2CC1.Cc1c(-c2ccc(C(F)(F)F)cc2)csc1CO.OOO.P.[Na+].[OH-]. The van der Waals surface area contributed by atoms with Crippen molar-refractivity contribution >= 4 is 73.2 Å². The first-order valence-corrected chi connectivity index (χ1v) is 48.0. The van der Waals surface area contributed by atoms with Crippen LogP contribution in [0.25, 0.3) is 44.5 Å². The van der Waals surface area contributed by atoms with E-state index in [1.807, 2.05) is 91.7 Å². The summed E-state index contributed by atoms with van der Waals surface area (Å²) in [5, 5.41) is 41.9. The minimum absolute atomic E-state index is 0. The molecule has 4 aromatic heterocycles. The number of carboxylic acid groups (broad SMARTS) is 1. The Hall–Kier alpha value is -8.62. The number of thiophene rings is 4. The van der Waals surface area contributed by atoms with Gasteiger partial charge < -0.3 is 44.1 Å². The van der Waals surface area contributed by atoms with Gasteiger partial charge in [-0.2, -0.15) is 62.6 Å². The van der Waals surface area contributed by atoms with E-state index >= 15 is 0 Å². The smallest absolute Gasteiger partial charge is 0.870 e. The summed E-state index contributed by atoms with van der Waals surface area (Å²) in [6.07, 6.45) is -8.97. The number of halogens is 12. The third-order valence-corrected chi connectivity index (χ3v) is 28.2. The number of aliphatic hydroxyl groups excluding tert-OH is 1. The summed E-state index contributed by atoms with van der Waals surface area (Å²) in [7, 11) is 0. The van der Waals surface area contributed by atoms with E-state index in [1.165, 1.54) is 110 Å². The summed E-state index contributed by atoms with van der Waals surface area (Å²) in [6, 6.07) is 39.0. The largest absolute Gasteiger partial charge is 1.00 e. The fraction of sp³-hybridized carbons (Fsp3) is 0.408. The Morgan fingerprint density at radius 1 is 0.403 bits per heavy atom. The summed E-state index contributed by atoms with van der Waals surface area (Å²) < 4.78 is 187. The molecule has 750 valence electrons. The van der Waals surface area contributed by atoms with Gasteiger partial charge in [-0.25, -0.2) is 24.9 Å². The Morgan fingerprint density at radius 2 is 0.647 bits per heavy atom. The van der Waals surface area contributed by atoms with Crippen molar-refractivity contribution in [2.75, 3.05) is 59.1 Å². The molecule has 1 saturated heterocycles. The first kappa shape index (κ1) is 117. The van der Waals surface area contributed by atoms with Crippen LogP contribution in [0.3, 0.4) is 0 Å². The van der Waals surface area contributed by atoms with Gasteiger partial charge in [-0.1, -0.05) is 71.8 Å². The van der Waals surface area contributed by atoms with Crippen molar-refractivity contribution in [1.82, 2.24) is 14.7 Å². The van der Waals surface area contributed by atoms with Crippen LogP contribution in [-0.2, 0) is 123 Å². The Morgan fingerprint density at radius 3 is 0.856 bits per heavy atom. The van der Waals surface area contributed by atoms with E-state index in [4.69, 9.17) is 44.0 Å². The van der Waals surface area contributed by atoms with Gasteiger partial charge in [-0.15, -0.1) is 45.3 Å². The van der Waals surface area contributed by atoms with E-state index in [-0.39, 0.29) is 51.5 Å². The molecule has 4 aliphatic heterocycles. The molecule has 36 heteroatoms. The number of fused-ring (bicyclic) bond motifs is 3. The molecule has 2 atom stereocenters. The molecule has 139 heavy (non-hydrogen) atoms. The van der Waals surface area contributed by atoms with Crippen molar-refractivity contribution in [2.45, 2.75) is 215 Å². The molecular weight excluding hydrogens is 1930 g/mol. The molecule has 5 N–H and O–H groups in total. The normalized spacial score (nSPS) is 14.7. The molecule has 1 fully saturated rings. The van der Waals surface area contributed by atoms with Crippen LogP contribution in [0.4, 0.5) is 52.7 Å². The molecule has 18 nitrogen and oxygen atoms in total. The van der Waals surface area contributed by atoms with E-state index < -0.39 is 81.7 Å². The number of hydrogen-bond donors (Lipinski definition) is 4. The Bertz CT molecular complexity index is 5580. The van der Waals surface area contributed by atoms with Crippen LogP contribution in [0.1, 0.15) is 173 Å². The number of aliphatic hydroxyl groups is 1. The Labute approximate surface area is 844 Å². The van der Waals surface area contributed by atoms with Gasteiger partial charge in [0, 0.05) is 85.0 Å². The molecule has 8 heterocycles. The molecule has 4 aliphatic rings. The van der Waals surface area contributed by atoms with Crippen LogP contribution in [0.15, 0.2) is 173 Å². The molecule has 0 spiro atoms. The number of carbonyl (C=O) groups excluding carboxylic acids is 2. The standard InChI is InChI=1S/2C29H32F3NO3S.C27H28F3NO3S.C13H11F3OS.C5H10O.Na.H2O3.H2O.H3P/c2*1-5-35-27(34)28(3,4)36-24-11-8-20-12-14-33(15-13-22(20)16-24)17-26-19(2)25(18-37-26)21-6-9-23(10-7-21)29(30,31)32;1-17-23(19-4-7-21(8-5-19)27(28,29)30)16-35-24(17)15-31-12-10-18-6-9-22(14-20(18)11-13-31)34-26(2,3)25(32)33;1-8-11(7-18-12(8)6-17)9-2-4-10(5-3-9)13(14,15)16;1-5-3-2-4-6-5;;1-3-2;;/h2*6-11,16,18H,5,12-15,17H2,1-4H3;4-9,14,16H,10-13,15H2,1-3H3,(H,32,33);2-5,7,17H,6H2,1H3;5H,2-4H2,1H3;;1-2H;1H2;1H3/q;;;;;+1;;;/p-1. The van der Waals surface area contributed by atoms with Crippen LogP contribution in [0.5, 0.6) is 17.2 Å². The predicted molar refractivity (Wildman–Crippen MR) is 520 cm³/mol. The summed E-state index contributed by atoms with van der Waals surface area (Å²) >= 11 is 6.35. The van der Waals surface area contributed by atoms with Crippen LogP contribution >= 0.6 is 55.2 Å². The van der Waals surface area contributed by atoms with Crippen molar-refractivity contribution in [3.05, 3.63) is 271 Å². The molecular formula is C103H119F12N3NaO15PS4. The van der Waals surface area contributed by atoms with E-state index in [1.54, 1.807) is 99.8 Å². The number of carboxylic acids is 1. The number of ether oxygens (including phenoxy) is 6. The van der Waals surface area contributed by atoms with Crippen molar-refractivity contribution < 1.29 is 156 Å². The van der Waals surface area contributed by atoms with Gasteiger partial charge in [0.05, 0.1) is 48.2 Å². The first-order chi connectivity index (χ1) is 64.1. The summed E-state index contributed by atoms with van der Waals surface area (Å²) in [6.45, 7) is 32.8. The van der Waals surface area contributed by atoms with E-state index in [2.05, 4.69) is 38.8 Å². The van der Waals surface area contributed by atoms with Crippen LogP contribution in [0, 0.1) is 27.7 Å². The summed E-state index contributed by atoms with van der Waals surface area (Å²) in [4.78, 5) is 47.5. The molecule has 0 amide bonds. The van der Waals surface area contributed by atoms with Gasteiger partial charge in [0.2, 0.25) is 0 Å². The molecule has 0 aliphatic carbocycles. The molecule has 7 aromatic carbocycles. The first-order valence-electron chi connectivity index (χ1n) is 44.5. The predicted octanol–water partition coefficient (Wildman–Crippen LogP) is 23.0. The van der Waals surface area contributed by atoms with E-state index in [0.717, 1.165) is 224 Å². The number of alkyl halides is 12. The second-order valence-corrected chi connectivity index (χ2v) is 38.7. The quantitative estimate of drug-likeness (QED) is 0.0123. The Balaban J connectivity index is 0.000000248. The number of benzene rings is 7. The van der Waals surface area contributed by atoms with Crippen molar-refractivity contribution in [1.29, 1.82) is 0 Å². The Kier molecular flexibility index (Phi) is 43.9. The third kappa shape index (κ3) is 33.0. The number of rotatable bonds is 22. The number of aliphatic carboxylic acids is 1. The zero-order valence-electron chi connectivity index (χ0n) is 80.2. The van der Waals surface area contributed by atoms with Crippen molar-refractivity contribution in [3.8, 4) is 61.8 Å². The number of nitrogens with zero attached hydrogens (tertiary/aromatic N) is 3. The van der Waals surface area contributed by atoms with Gasteiger partial charge in [0.25, 0.3) is 0 Å². The monoisotopic (exact) mass is 2050 g/mol. The second-order valence-electron chi connectivity index (χ2n) is 34.9. The zero-order chi connectivity index (χ0) is 99.4. The summed E-state index contributed by atoms with van der Waals surface area (Å²) in [5.74, 6) is 0.0674. The second kappa shape index (κ2) is 52.1. The number of carbonyl (C=O) groups is 3.